The van der Waals surface area contributed by atoms with Gasteiger partial charge < -0.3 is 19.9 Å². The number of hydrogen-bond acceptors (Lipinski definition) is 5. The van der Waals surface area contributed by atoms with E-state index in [-0.39, 0.29) is 18.2 Å². The first-order chi connectivity index (χ1) is 11.1. The fourth-order valence-electron chi connectivity index (χ4n) is 2.98. The van der Waals surface area contributed by atoms with E-state index in [9.17, 15) is 4.79 Å². The van der Waals surface area contributed by atoms with Crippen LogP contribution in [0.5, 0.6) is 0 Å². The van der Waals surface area contributed by atoms with Gasteiger partial charge >= 0.3 is 6.03 Å². The molecule has 1 N–H and O–H groups in total. The molecule has 2 fully saturated rings. The van der Waals surface area contributed by atoms with Crippen LogP contribution in [0.4, 0.5) is 16.3 Å². The van der Waals surface area contributed by atoms with Crippen LogP contribution in [0.2, 0.25) is 0 Å². The largest absolute Gasteiger partial charge is 0.372 e. The number of thioether (sulfide) groups is 1. The van der Waals surface area contributed by atoms with Crippen LogP contribution in [0.15, 0.2) is 18.3 Å². The van der Waals surface area contributed by atoms with Crippen molar-refractivity contribution in [3.63, 3.8) is 0 Å². The summed E-state index contributed by atoms with van der Waals surface area (Å²) in [6.45, 7) is 7.46. The zero-order valence-electron chi connectivity index (χ0n) is 13.7. The standard InChI is InChI=1S/C16H24N4O2S/c1-12-10-20(11-13(2)22-12)15-4-3-14(9-17-15)18-16(21)19-5-7-23-8-6-19/h3-4,9,12-13H,5-8,10-11H2,1-2H3,(H,18,21). The molecule has 0 radical (unpaired) electrons. The number of hydrogen-bond donors (Lipinski definition) is 1. The van der Waals surface area contributed by atoms with Gasteiger partial charge in [0.1, 0.15) is 5.82 Å². The molecule has 0 bridgehead atoms. The van der Waals surface area contributed by atoms with Crippen molar-refractivity contribution in [2.45, 2.75) is 26.1 Å². The summed E-state index contributed by atoms with van der Waals surface area (Å²) in [5.41, 5.74) is 0.742. The van der Waals surface area contributed by atoms with Gasteiger partial charge in [-0.05, 0) is 26.0 Å². The van der Waals surface area contributed by atoms with Crippen molar-refractivity contribution < 1.29 is 9.53 Å². The Hall–Kier alpha value is -1.47. The van der Waals surface area contributed by atoms with E-state index in [0.717, 1.165) is 49.2 Å². The summed E-state index contributed by atoms with van der Waals surface area (Å²) in [5, 5.41) is 2.93. The third kappa shape index (κ3) is 4.29. The summed E-state index contributed by atoms with van der Waals surface area (Å²) >= 11 is 1.89. The predicted molar refractivity (Wildman–Crippen MR) is 94.4 cm³/mol. The molecule has 0 saturated carbocycles. The van der Waals surface area contributed by atoms with Crippen LogP contribution in [-0.2, 0) is 4.74 Å². The van der Waals surface area contributed by atoms with Gasteiger partial charge in [0.25, 0.3) is 0 Å². The van der Waals surface area contributed by atoms with E-state index in [1.807, 2.05) is 28.8 Å². The van der Waals surface area contributed by atoms with E-state index in [0.29, 0.717) is 0 Å². The van der Waals surface area contributed by atoms with Gasteiger partial charge in [-0.15, -0.1) is 0 Å². The highest BCUT2D eigenvalue weighted by Gasteiger charge is 2.23. The minimum atomic E-state index is -0.0338. The Labute approximate surface area is 141 Å². The molecule has 7 heteroatoms. The van der Waals surface area contributed by atoms with Crippen molar-refractivity contribution >= 4 is 29.3 Å². The molecule has 0 aromatic carbocycles. The fraction of sp³-hybridized carbons (Fsp3) is 0.625. The lowest BCUT2D eigenvalue weighted by Gasteiger charge is -2.36. The van der Waals surface area contributed by atoms with Crippen molar-refractivity contribution in [1.29, 1.82) is 0 Å². The molecule has 1 aromatic rings. The smallest absolute Gasteiger partial charge is 0.321 e. The van der Waals surface area contributed by atoms with Crippen LogP contribution in [0, 0.1) is 0 Å². The molecule has 2 saturated heterocycles. The number of ether oxygens (including phenoxy) is 1. The van der Waals surface area contributed by atoms with Crippen molar-refractivity contribution in [3.8, 4) is 0 Å². The van der Waals surface area contributed by atoms with E-state index in [1.165, 1.54) is 0 Å². The monoisotopic (exact) mass is 336 g/mol. The van der Waals surface area contributed by atoms with Gasteiger partial charge in [0.05, 0.1) is 24.1 Å². The molecule has 126 valence electrons. The third-order valence-electron chi connectivity index (χ3n) is 4.04. The molecular weight excluding hydrogens is 312 g/mol. The number of carbonyl (C=O) groups excluding carboxylic acids is 1. The van der Waals surface area contributed by atoms with Crippen molar-refractivity contribution in [3.05, 3.63) is 18.3 Å². The highest BCUT2D eigenvalue weighted by atomic mass is 32.2. The second-order valence-corrected chi connectivity index (χ2v) is 7.32. The second kappa shape index (κ2) is 7.40. The number of aromatic nitrogens is 1. The molecular formula is C16H24N4O2S. The van der Waals surface area contributed by atoms with E-state index in [2.05, 4.69) is 29.0 Å². The first-order valence-corrected chi connectivity index (χ1v) is 9.27. The van der Waals surface area contributed by atoms with Crippen molar-refractivity contribution in [2.24, 2.45) is 0 Å². The minimum Gasteiger partial charge on any atom is -0.372 e. The van der Waals surface area contributed by atoms with Crippen LogP contribution >= 0.6 is 11.8 Å². The number of carbonyl (C=O) groups is 1. The number of pyridine rings is 1. The maximum absolute atomic E-state index is 12.2. The summed E-state index contributed by atoms with van der Waals surface area (Å²) in [7, 11) is 0. The highest BCUT2D eigenvalue weighted by molar-refractivity contribution is 7.99. The summed E-state index contributed by atoms with van der Waals surface area (Å²) < 4.78 is 5.75. The van der Waals surface area contributed by atoms with Crippen LogP contribution in [0.25, 0.3) is 0 Å². The molecule has 2 amide bonds. The topological polar surface area (TPSA) is 57.7 Å². The molecule has 3 heterocycles. The molecule has 2 atom stereocenters. The van der Waals surface area contributed by atoms with Crippen LogP contribution in [-0.4, -0.2) is 65.8 Å². The summed E-state index contributed by atoms with van der Waals surface area (Å²) in [6.07, 6.45) is 2.14. The second-order valence-electron chi connectivity index (χ2n) is 6.10. The highest BCUT2D eigenvalue weighted by Crippen LogP contribution is 2.20. The van der Waals surface area contributed by atoms with E-state index >= 15 is 0 Å². The predicted octanol–water partition coefficient (Wildman–Crippen LogP) is 2.28. The van der Waals surface area contributed by atoms with Crippen molar-refractivity contribution in [2.75, 3.05) is 47.9 Å². The van der Waals surface area contributed by atoms with E-state index in [4.69, 9.17) is 4.74 Å². The fourth-order valence-corrected chi connectivity index (χ4v) is 3.88. The quantitative estimate of drug-likeness (QED) is 0.898. The van der Waals surface area contributed by atoms with Gasteiger partial charge in [0, 0.05) is 37.7 Å². The van der Waals surface area contributed by atoms with E-state index in [1.54, 1.807) is 6.20 Å². The Morgan fingerprint density at radius 3 is 2.57 bits per heavy atom. The Morgan fingerprint density at radius 2 is 1.96 bits per heavy atom. The SMILES string of the molecule is CC1CN(c2ccc(NC(=O)N3CCSCC3)cn2)CC(C)O1. The molecule has 1 aromatic heterocycles. The van der Waals surface area contributed by atoms with Crippen LogP contribution in [0.3, 0.4) is 0 Å². The van der Waals surface area contributed by atoms with Gasteiger partial charge in [-0.1, -0.05) is 0 Å². The average molecular weight is 336 g/mol. The number of anilines is 2. The number of nitrogens with one attached hydrogen (secondary N) is 1. The maximum Gasteiger partial charge on any atom is 0.321 e. The van der Waals surface area contributed by atoms with E-state index < -0.39 is 0 Å². The zero-order valence-corrected chi connectivity index (χ0v) is 14.5. The first kappa shape index (κ1) is 16.4. The van der Waals surface area contributed by atoms with Gasteiger partial charge in [0.15, 0.2) is 0 Å². The van der Waals surface area contributed by atoms with Gasteiger partial charge in [-0.2, -0.15) is 11.8 Å². The number of nitrogens with zero attached hydrogens (tertiary/aromatic N) is 3. The molecule has 0 aliphatic carbocycles. The van der Waals surface area contributed by atoms with Gasteiger partial charge in [0.2, 0.25) is 0 Å². The first-order valence-electron chi connectivity index (χ1n) is 8.12. The Kier molecular flexibility index (Phi) is 5.27. The Bertz CT molecular complexity index is 523. The molecule has 6 nitrogen and oxygen atoms in total. The van der Waals surface area contributed by atoms with Crippen molar-refractivity contribution in [1.82, 2.24) is 9.88 Å². The maximum atomic E-state index is 12.2. The number of urea groups is 1. The van der Waals surface area contributed by atoms with Gasteiger partial charge in [-0.25, -0.2) is 9.78 Å². The average Bonchev–Trinajstić information content (AvgIpc) is 2.55. The van der Waals surface area contributed by atoms with Gasteiger partial charge in [-0.3, -0.25) is 0 Å². The van der Waals surface area contributed by atoms with Crippen LogP contribution < -0.4 is 10.2 Å². The normalized spacial score (nSPS) is 25.3. The summed E-state index contributed by atoms with van der Waals surface area (Å²) in [6, 6.07) is 3.85. The lowest BCUT2D eigenvalue weighted by Crippen LogP contribution is -2.45. The number of morpholine rings is 1. The number of rotatable bonds is 2. The Balaban J connectivity index is 1.59. The lowest BCUT2D eigenvalue weighted by atomic mass is 10.2. The van der Waals surface area contributed by atoms with Crippen LogP contribution in [0.1, 0.15) is 13.8 Å². The molecule has 2 aliphatic rings. The summed E-state index contributed by atoms with van der Waals surface area (Å²) in [5.74, 6) is 2.95. The summed E-state index contributed by atoms with van der Waals surface area (Å²) in [4.78, 5) is 20.8. The zero-order chi connectivity index (χ0) is 16.2. The molecule has 3 rings (SSSR count). The lowest BCUT2D eigenvalue weighted by molar-refractivity contribution is -0.00545. The number of amides is 2. The molecule has 2 aliphatic heterocycles. The third-order valence-corrected chi connectivity index (χ3v) is 4.98. The molecule has 23 heavy (non-hydrogen) atoms. The molecule has 0 spiro atoms. The molecule has 2 unspecified atom stereocenters. The Morgan fingerprint density at radius 1 is 1.26 bits per heavy atom. The minimum absolute atomic E-state index is 0.0338.